The molecule has 0 N–H and O–H groups in total. The van der Waals surface area contributed by atoms with Gasteiger partial charge in [-0.3, -0.25) is 0 Å². The third-order valence-electron chi connectivity index (χ3n) is 3.33. The Morgan fingerprint density at radius 3 is 2.55 bits per heavy atom. The number of imidazole rings is 1. The van der Waals surface area contributed by atoms with E-state index in [1.165, 1.54) is 11.7 Å². The highest BCUT2D eigenvalue weighted by atomic mass is 79.9. The van der Waals surface area contributed by atoms with Gasteiger partial charge in [-0.25, -0.2) is 4.98 Å². The van der Waals surface area contributed by atoms with E-state index in [0.29, 0.717) is 17.9 Å². The Labute approximate surface area is 135 Å². The molecule has 2 aromatic rings. The van der Waals surface area contributed by atoms with Crippen LogP contribution in [-0.2, 0) is 12.7 Å². The van der Waals surface area contributed by atoms with Gasteiger partial charge in [0.2, 0.25) is 0 Å². The van der Waals surface area contributed by atoms with Gasteiger partial charge in [-0.15, -0.1) is 0 Å². The molecular formula is C15H16BrF3N2O. The summed E-state index contributed by atoms with van der Waals surface area (Å²) in [6, 6.07) is 5.39. The van der Waals surface area contributed by atoms with Gasteiger partial charge in [-0.05, 0) is 31.5 Å². The lowest BCUT2D eigenvalue weighted by Gasteiger charge is -2.12. The molecule has 22 heavy (non-hydrogen) atoms. The van der Waals surface area contributed by atoms with Crippen LogP contribution in [0, 0.1) is 0 Å². The van der Waals surface area contributed by atoms with Crippen molar-refractivity contribution in [3.63, 3.8) is 0 Å². The molecule has 0 saturated carbocycles. The second-order valence-corrected chi connectivity index (χ2v) is 6.18. The van der Waals surface area contributed by atoms with E-state index in [-0.39, 0.29) is 10.7 Å². The van der Waals surface area contributed by atoms with Crippen molar-refractivity contribution in [3.05, 3.63) is 35.7 Å². The van der Waals surface area contributed by atoms with Crippen molar-refractivity contribution >= 4 is 15.9 Å². The topological polar surface area (TPSA) is 27.1 Å². The molecule has 0 saturated heterocycles. The number of benzene rings is 1. The summed E-state index contributed by atoms with van der Waals surface area (Å²) in [4.78, 5) is 3.87. The fourth-order valence-electron chi connectivity index (χ4n) is 2.15. The van der Waals surface area contributed by atoms with Crippen molar-refractivity contribution in [3.8, 4) is 17.1 Å². The van der Waals surface area contributed by atoms with Gasteiger partial charge in [0.1, 0.15) is 11.6 Å². The molecule has 0 spiro atoms. The summed E-state index contributed by atoms with van der Waals surface area (Å²) < 4.78 is 45.4. The summed E-state index contributed by atoms with van der Waals surface area (Å²) in [6.07, 6.45) is -3.44. The fourth-order valence-corrected chi connectivity index (χ4v) is 2.43. The maximum absolute atomic E-state index is 12.9. The number of methoxy groups -OCH3 is 1. The molecule has 1 heterocycles. The zero-order valence-electron chi connectivity index (χ0n) is 12.4. The van der Waals surface area contributed by atoms with E-state index in [9.17, 15) is 13.2 Å². The zero-order chi connectivity index (χ0) is 16.5. The van der Waals surface area contributed by atoms with Crippen molar-refractivity contribution in [2.75, 3.05) is 7.11 Å². The molecule has 0 fully saturated rings. The molecule has 1 atom stereocenters. The SMILES string of the molecule is CCn1cc(C(F)(F)F)nc1-c1ccc(C(C)Br)cc1OC. The van der Waals surface area contributed by atoms with E-state index in [1.54, 1.807) is 19.1 Å². The van der Waals surface area contributed by atoms with Crippen LogP contribution < -0.4 is 4.74 Å². The molecule has 0 amide bonds. The number of hydrogen-bond acceptors (Lipinski definition) is 2. The largest absolute Gasteiger partial charge is 0.496 e. The Morgan fingerprint density at radius 2 is 2.05 bits per heavy atom. The second kappa shape index (κ2) is 6.32. The number of alkyl halides is 4. The monoisotopic (exact) mass is 376 g/mol. The van der Waals surface area contributed by atoms with Crippen LogP contribution in [0.1, 0.15) is 29.9 Å². The van der Waals surface area contributed by atoms with E-state index in [2.05, 4.69) is 20.9 Å². The van der Waals surface area contributed by atoms with Crippen LogP contribution in [0.15, 0.2) is 24.4 Å². The minimum atomic E-state index is -4.47. The Kier molecular flexibility index (Phi) is 4.84. The first-order valence-electron chi connectivity index (χ1n) is 6.74. The molecule has 1 unspecified atom stereocenters. The van der Waals surface area contributed by atoms with E-state index in [1.807, 2.05) is 13.0 Å². The number of ether oxygens (including phenoxy) is 1. The molecule has 3 nitrogen and oxygen atoms in total. The van der Waals surface area contributed by atoms with Crippen molar-refractivity contribution in [1.82, 2.24) is 9.55 Å². The normalized spacial score (nSPS) is 13.2. The third-order valence-corrected chi connectivity index (χ3v) is 3.86. The maximum atomic E-state index is 12.9. The van der Waals surface area contributed by atoms with Crippen molar-refractivity contribution in [2.45, 2.75) is 31.4 Å². The molecule has 0 aliphatic rings. The predicted molar refractivity (Wildman–Crippen MR) is 82.2 cm³/mol. The van der Waals surface area contributed by atoms with Gasteiger partial charge in [0.15, 0.2) is 5.69 Å². The van der Waals surface area contributed by atoms with Crippen molar-refractivity contribution < 1.29 is 17.9 Å². The third kappa shape index (κ3) is 3.29. The maximum Gasteiger partial charge on any atom is 0.434 e. The number of halogens is 4. The molecule has 1 aromatic carbocycles. The summed E-state index contributed by atoms with van der Waals surface area (Å²) in [5.41, 5.74) is 0.618. The molecule has 120 valence electrons. The molecular weight excluding hydrogens is 361 g/mol. The Bertz CT molecular complexity index is 665. The lowest BCUT2D eigenvalue weighted by Crippen LogP contribution is -2.05. The summed E-state index contributed by atoms with van der Waals surface area (Å²) in [5, 5.41) is 0. The lowest BCUT2D eigenvalue weighted by molar-refractivity contribution is -0.140. The summed E-state index contributed by atoms with van der Waals surface area (Å²) in [7, 11) is 1.49. The van der Waals surface area contributed by atoms with Crippen molar-refractivity contribution in [2.24, 2.45) is 0 Å². The molecule has 2 rings (SSSR count). The first kappa shape index (κ1) is 16.9. The smallest absolute Gasteiger partial charge is 0.434 e. The van der Waals surface area contributed by atoms with Crippen LogP contribution in [-0.4, -0.2) is 16.7 Å². The van der Waals surface area contributed by atoms with Gasteiger partial charge in [0.25, 0.3) is 0 Å². The quantitative estimate of drug-likeness (QED) is 0.697. The molecule has 0 aliphatic heterocycles. The first-order valence-corrected chi connectivity index (χ1v) is 7.66. The molecule has 0 bridgehead atoms. The van der Waals surface area contributed by atoms with Crippen LogP contribution in [0.5, 0.6) is 5.75 Å². The number of aryl methyl sites for hydroxylation is 1. The first-order chi connectivity index (χ1) is 10.3. The van der Waals surface area contributed by atoms with Gasteiger partial charge in [0.05, 0.1) is 12.7 Å². The van der Waals surface area contributed by atoms with Crippen LogP contribution >= 0.6 is 15.9 Å². The predicted octanol–water partition coefficient (Wildman–Crippen LogP) is 5.05. The highest BCUT2D eigenvalue weighted by Gasteiger charge is 2.35. The number of hydrogen-bond donors (Lipinski definition) is 0. The average molecular weight is 377 g/mol. The van der Waals surface area contributed by atoms with Crippen LogP contribution in [0.3, 0.4) is 0 Å². The van der Waals surface area contributed by atoms with Crippen LogP contribution in [0.4, 0.5) is 13.2 Å². The summed E-state index contributed by atoms with van der Waals surface area (Å²) >= 11 is 3.46. The highest BCUT2D eigenvalue weighted by Crippen LogP contribution is 2.36. The Morgan fingerprint density at radius 1 is 1.36 bits per heavy atom. The lowest BCUT2D eigenvalue weighted by atomic mass is 10.1. The summed E-state index contributed by atoms with van der Waals surface area (Å²) in [5.74, 6) is 0.748. The molecule has 0 aliphatic carbocycles. The number of rotatable bonds is 4. The zero-order valence-corrected chi connectivity index (χ0v) is 14.0. The minimum absolute atomic E-state index is 0.118. The van der Waals surface area contributed by atoms with Gasteiger partial charge in [0, 0.05) is 17.6 Å². The summed E-state index contributed by atoms with van der Waals surface area (Å²) in [6.45, 7) is 4.12. The molecule has 0 radical (unpaired) electrons. The Balaban J connectivity index is 2.58. The van der Waals surface area contributed by atoms with Gasteiger partial charge >= 0.3 is 6.18 Å². The van der Waals surface area contributed by atoms with Crippen LogP contribution in [0.25, 0.3) is 11.4 Å². The van der Waals surface area contributed by atoms with Gasteiger partial charge in [-0.2, -0.15) is 13.2 Å². The standard InChI is InChI=1S/C15H16BrF3N2O/c1-4-21-8-13(15(17,18)19)20-14(21)11-6-5-10(9(2)16)7-12(11)22-3/h5-9H,4H2,1-3H3. The average Bonchev–Trinajstić information content (AvgIpc) is 2.90. The van der Waals surface area contributed by atoms with Crippen LogP contribution in [0.2, 0.25) is 0 Å². The fraction of sp³-hybridized carbons (Fsp3) is 0.400. The highest BCUT2D eigenvalue weighted by molar-refractivity contribution is 9.09. The number of nitrogens with zero attached hydrogens (tertiary/aromatic N) is 2. The van der Waals surface area contributed by atoms with E-state index in [4.69, 9.17) is 4.74 Å². The van der Waals surface area contributed by atoms with Crippen molar-refractivity contribution in [1.29, 1.82) is 0 Å². The minimum Gasteiger partial charge on any atom is -0.496 e. The van der Waals surface area contributed by atoms with Gasteiger partial charge < -0.3 is 9.30 Å². The number of aromatic nitrogens is 2. The van der Waals surface area contributed by atoms with E-state index in [0.717, 1.165) is 11.8 Å². The molecule has 7 heteroatoms. The Hall–Kier alpha value is -1.50. The van der Waals surface area contributed by atoms with Gasteiger partial charge in [-0.1, -0.05) is 22.0 Å². The van der Waals surface area contributed by atoms with E-state index < -0.39 is 11.9 Å². The van der Waals surface area contributed by atoms with E-state index >= 15 is 0 Å². The molecule has 1 aromatic heterocycles. The second-order valence-electron chi connectivity index (χ2n) is 4.81.